The van der Waals surface area contributed by atoms with Crippen molar-refractivity contribution in [3.8, 4) is 0 Å². The van der Waals surface area contributed by atoms with Crippen molar-refractivity contribution in [2.24, 2.45) is 11.5 Å². The summed E-state index contributed by atoms with van der Waals surface area (Å²) in [5.41, 5.74) is 10.2. The van der Waals surface area contributed by atoms with Gasteiger partial charge >= 0.3 is 0 Å². The number of primary amides is 1. The summed E-state index contributed by atoms with van der Waals surface area (Å²) in [6.07, 6.45) is 1.08. The van der Waals surface area contributed by atoms with Crippen molar-refractivity contribution in [1.29, 1.82) is 0 Å². The topological polar surface area (TPSA) is 78.3 Å². The van der Waals surface area contributed by atoms with Gasteiger partial charge in [0.05, 0.1) is 12.2 Å². The molecule has 0 aromatic heterocycles. The summed E-state index contributed by atoms with van der Waals surface area (Å²) in [6, 6.07) is 0. The van der Waals surface area contributed by atoms with Crippen LogP contribution in [0.2, 0.25) is 0 Å². The Hall–Kier alpha value is -0.610. The molecule has 1 amide bonds. The predicted molar refractivity (Wildman–Crippen MR) is 45.4 cm³/mol. The van der Waals surface area contributed by atoms with Crippen LogP contribution >= 0.6 is 0 Å². The molecule has 2 atom stereocenters. The molecular formula is C8H16N2O2. The monoisotopic (exact) mass is 172 g/mol. The molecule has 1 rings (SSSR count). The number of carbonyl (C=O) groups is 1. The molecule has 2 unspecified atom stereocenters. The van der Waals surface area contributed by atoms with Gasteiger partial charge in [0.25, 0.3) is 0 Å². The maximum absolute atomic E-state index is 11.0. The summed E-state index contributed by atoms with van der Waals surface area (Å²) < 4.78 is 5.44. The van der Waals surface area contributed by atoms with Gasteiger partial charge < -0.3 is 16.2 Å². The van der Waals surface area contributed by atoms with Crippen LogP contribution in [0, 0.1) is 0 Å². The van der Waals surface area contributed by atoms with Crippen LogP contribution in [0.25, 0.3) is 0 Å². The van der Waals surface area contributed by atoms with Gasteiger partial charge in [-0.3, -0.25) is 4.79 Å². The number of amides is 1. The van der Waals surface area contributed by atoms with Crippen molar-refractivity contribution in [3.05, 3.63) is 0 Å². The quantitative estimate of drug-likeness (QED) is 0.572. The minimum atomic E-state index is -0.864. The van der Waals surface area contributed by atoms with Crippen LogP contribution in [0.15, 0.2) is 0 Å². The molecule has 0 bridgehead atoms. The number of hydrogen-bond acceptors (Lipinski definition) is 3. The van der Waals surface area contributed by atoms with Crippen LogP contribution in [-0.4, -0.2) is 23.7 Å². The van der Waals surface area contributed by atoms with Crippen LogP contribution < -0.4 is 11.5 Å². The van der Waals surface area contributed by atoms with Crippen molar-refractivity contribution in [2.45, 2.75) is 44.4 Å². The summed E-state index contributed by atoms with van der Waals surface area (Å²) in [4.78, 5) is 11.0. The molecule has 0 aromatic carbocycles. The number of hydrogen-bond donors (Lipinski definition) is 2. The van der Waals surface area contributed by atoms with Gasteiger partial charge in [0.1, 0.15) is 5.54 Å². The zero-order valence-corrected chi connectivity index (χ0v) is 7.54. The lowest BCUT2D eigenvalue weighted by atomic mass is 9.84. The van der Waals surface area contributed by atoms with E-state index in [-0.39, 0.29) is 12.2 Å². The summed E-state index contributed by atoms with van der Waals surface area (Å²) in [6.45, 7) is 3.81. The molecule has 0 radical (unpaired) electrons. The Morgan fingerprint density at radius 1 is 1.42 bits per heavy atom. The minimum absolute atomic E-state index is 0.0197. The second kappa shape index (κ2) is 3.03. The van der Waals surface area contributed by atoms with Crippen molar-refractivity contribution in [3.63, 3.8) is 0 Å². The lowest BCUT2D eigenvalue weighted by Gasteiger charge is -2.37. The van der Waals surface area contributed by atoms with E-state index in [0.29, 0.717) is 12.8 Å². The van der Waals surface area contributed by atoms with E-state index in [9.17, 15) is 4.79 Å². The van der Waals surface area contributed by atoms with E-state index >= 15 is 0 Å². The fourth-order valence-electron chi connectivity index (χ4n) is 1.80. The molecule has 0 aliphatic carbocycles. The van der Waals surface area contributed by atoms with Crippen LogP contribution in [0.3, 0.4) is 0 Å². The van der Waals surface area contributed by atoms with Gasteiger partial charge in [-0.1, -0.05) is 0 Å². The highest BCUT2D eigenvalue weighted by molar-refractivity contribution is 5.84. The fourth-order valence-corrected chi connectivity index (χ4v) is 1.80. The molecule has 0 saturated carbocycles. The zero-order valence-electron chi connectivity index (χ0n) is 7.54. The van der Waals surface area contributed by atoms with Gasteiger partial charge in [0.2, 0.25) is 5.91 Å². The molecule has 1 aliphatic rings. The van der Waals surface area contributed by atoms with Gasteiger partial charge in [-0.2, -0.15) is 0 Å². The first kappa shape index (κ1) is 9.48. The van der Waals surface area contributed by atoms with Gasteiger partial charge in [-0.25, -0.2) is 0 Å². The first-order chi connectivity index (χ1) is 5.44. The molecule has 4 nitrogen and oxygen atoms in total. The van der Waals surface area contributed by atoms with Gasteiger partial charge in [-0.15, -0.1) is 0 Å². The molecule has 1 heterocycles. The summed E-state index contributed by atoms with van der Waals surface area (Å²) in [5, 5.41) is 0. The number of nitrogens with two attached hydrogens (primary N) is 2. The summed E-state index contributed by atoms with van der Waals surface area (Å²) in [7, 11) is 0. The van der Waals surface area contributed by atoms with E-state index in [1.54, 1.807) is 0 Å². The predicted octanol–water partition coefficient (Wildman–Crippen LogP) is -0.243. The van der Waals surface area contributed by atoms with Crippen LogP contribution in [-0.2, 0) is 9.53 Å². The molecule has 1 aliphatic heterocycles. The minimum Gasteiger partial charge on any atom is -0.375 e. The number of ether oxygens (including phenoxy) is 1. The molecule has 4 heteroatoms. The van der Waals surface area contributed by atoms with Gasteiger partial charge in [0.15, 0.2) is 0 Å². The second-order valence-electron chi connectivity index (χ2n) is 3.69. The van der Waals surface area contributed by atoms with Crippen molar-refractivity contribution < 1.29 is 9.53 Å². The number of carbonyl (C=O) groups excluding carboxylic acids is 1. The zero-order chi connectivity index (χ0) is 9.35. The lowest BCUT2D eigenvalue weighted by Crippen LogP contribution is -2.58. The Bertz CT molecular complexity index is 183. The maximum atomic E-state index is 11.0. The molecule has 0 spiro atoms. The Morgan fingerprint density at radius 2 is 1.83 bits per heavy atom. The normalized spacial score (nSPS) is 42.6. The van der Waals surface area contributed by atoms with Crippen molar-refractivity contribution >= 4 is 5.91 Å². The van der Waals surface area contributed by atoms with E-state index < -0.39 is 11.4 Å². The highest BCUT2D eigenvalue weighted by Gasteiger charge is 2.39. The first-order valence-corrected chi connectivity index (χ1v) is 4.18. The third-order valence-electron chi connectivity index (χ3n) is 2.26. The van der Waals surface area contributed by atoms with Crippen molar-refractivity contribution in [1.82, 2.24) is 0 Å². The Balaban J connectivity index is 2.71. The average molecular weight is 172 g/mol. The third-order valence-corrected chi connectivity index (χ3v) is 2.26. The van der Waals surface area contributed by atoms with E-state index in [0.717, 1.165) is 0 Å². The smallest absolute Gasteiger partial charge is 0.237 e. The average Bonchev–Trinajstić information content (AvgIpc) is 1.82. The highest BCUT2D eigenvalue weighted by atomic mass is 16.5. The largest absolute Gasteiger partial charge is 0.375 e. The molecule has 12 heavy (non-hydrogen) atoms. The second-order valence-corrected chi connectivity index (χ2v) is 3.69. The lowest BCUT2D eigenvalue weighted by molar-refractivity contribution is -0.132. The Morgan fingerprint density at radius 3 is 2.17 bits per heavy atom. The Kier molecular flexibility index (Phi) is 2.39. The highest BCUT2D eigenvalue weighted by Crippen LogP contribution is 2.26. The fraction of sp³-hybridized carbons (Fsp3) is 0.875. The van der Waals surface area contributed by atoms with E-state index in [1.807, 2.05) is 13.8 Å². The van der Waals surface area contributed by atoms with Crippen LogP contribution in [0.4, 0.5) is 0 Å². The molecule has 70 valence electrons. The van der Waals surface area contributed by atoms with Gasteiger partial charge in [0, 0.05) is 12.8 Å². The standard InChI is InChI=1S/C8H16N2O2/c1-5-3-8(10,7(9)11)4-6(2)12-5/h5-6H,3-4,10H2,1-2H3,(H2,9,11). The first-order valence-electron chi connectivity index (χ1n) is 4.18. The third kappa shape index (κ3) is 1.76. The van der Waals surface area contributed by atoms with Gasteiger partial charge in [-0.05, 0) is 13.8 Å². The summed E-state index contributed by atoms with van der Waals surface area (Å²) in [5.74, 6) is -0.426. The van der Waals surface area contributed by atoms with Crippen LogP contribution in [0.5, 0.6) is 0 Å². The van der Waals surface area contributed by atoms with E-state index in [1.165, 1.54) is 0 Å². The molecule has 1 saturated heterocycles. The number of rotatable bonds is 1. The van der Waals surface area contributed by atoms with Crippen molar-refractivity contribution in [2.75, 3.05) is 0 Å². The molecule has 4 N–H and O–H groups in total. The Labute approximate surface area is 72.2 Å². The SMILES string of the molecule is CC1CC(N)(C(N)=O)CC(C)O1. The molecule has 1 fully saturated rings. The van der Waals surface area contributed by atoms with E-state index in [2.05, 4.69) is 0 Å². The van der Waals surface area contributed by atoms with Crippen LogP contribution in [0.1, 0.15) is 26.7 Å². The van der Waals surface area contributed by atoms with E-state index in [4.69, 9.17) is 16.2 Å². The summed E-state index contributed by atoms with van der Waals surface area (Å²) >= 11 is 0. The molecular weight excluding hydrogens is 156 g/mol. The maximum Gasteiger partial charge on any atom is 0.237 e. The molecule has 0 aromatic rings.